The van der Waals surface area contributed by atoms with Crippen LogP contribution in [0.25, 0.3) is 0 Å². The summed E-state index contributed by atoms with van der Waals surface area (Å²) in [5, 5.41) is 5.55. The summed E-state index contributed by atoms with van der Waals surface area (Å²) in [5.41, 5.74) is 6.81. The predicted octanol–water partition coefficient (Wildman–Crippen LogP) is 3.07. The maximum atomic E-state index is 13.3. The highest BCUT2D eigenvalue weighted by Gasteiger charge is 2.30. The summed E-state index contributed by atoms with van der Waals surface area (Å²) in [6.07, 6.45) is 9.84. The van der Waals surface area contributed by atoms with Gasteiger partial charge in [-0.2, -0.15) is 0 Å². The van der Waals surface area contributed by atoms with Crippen LogP contribution in [-0.4, -0.2) is 62.6 Å². The number of hydrogen-bond acceptors (Lipinski definition) is 8. The van der Waals surface area contributed by atoms with E-state index in [1.807, 2.05) is 13.0 Å². The third-order valence-electron chi connectivity index (χ3n) is 6.52. The molecule has 0 aromatic rings. The lowest BCUT2D eigenvalue weighted by atomic mass is 9.91. The second-order valence-electron chi connectivity index (χ2n) is 9.30. The zero-order valence-corrected chi connectivity index (χ0v) is 23.1. The minimum absolute atomic E-state index is 0.0772. The molecule has 1 aliphatic carbocycles. The molecular weight excluding hydrogens is 502 g/mol. The lowest BCUT2D eigenvalue weighted by Crippen LogP contribution is -2.35. The SMILES string of the molecule is C=CCNC1=C2CCCC(OC)CC/C=C(\C)[C@H](OC(N)=O)[C@@H](OC)/C=C\C=C(/C)C(=O)NC(=CC1=O)C2=O. The van der Waals surface area contributed by atoms with E-state index in [-0.39, 0.29) is 28.9 Å². The standard InChI is InChI=1S/C29H39N3O7/c1-6-16-31-25-21-14-9-13-20(37-4)12-7-10-18(2)27(39-29(30)36)24(38-5)15-8-11-19(3)28(35)32-22(26(21)34)17-23(25)33/h6,8,10-11,15,17,20,24,27,31H,1,7,9,12-14,16H2,2-5H3,(H2,30,36)(H,32,35)/b15-8-,18-10+,19-11+/t20?,24-,27-/m0/s1. The van der Waals surface area contributed by atoms with Gasteiger partial charge in [0, 0.05) is 38.0 Å². The largest absolute Gasteiger partial charge is 0.439 e. The van der Waals surface area contributed by atoms with E-state index in [1.54, 1.807) is 32.3 Å². The van der Waals surface area contributed by atoms with Crippen LogP contribution in [0.1, 0.15) is 46.0 Å². The van der Waals surface area contributed by atoms with E-state index in [4.69, 9.17) is 19.9 Å². The molecule has 0 saturated heterocycles. The first-order chi connectivity index (χ1) is 18.6. The molecule has 2 aliphatic rings. The van der Waals surface area contributed by atoms with Gasteiger partial charge in [0.2, 0.25) is 11.6 Å². The molecule has 10 nitrogen and oxygen atoms in total. The number of fused-ring (bicyclic) bond motifs is 2. The number of hydrogen-bond donors (Lipinski definition) is 3. The van der Waals surface area contributed by atoms with Crippen molar-refractivity contribution in [3.05, 3.63) is 71.1 Å². The maximum absolute atomic E-state index is 13.3. The van der Waals surface area contributed by atoms with Crippen molar-refractivity contribution >= 4 is 23.6 Å². The van der Waals surface area contributed by atoms with Crippen molar-refractivity contribution in [3.63, 3.8) is 0 Å². The first-order valence-electron chi connectivity index (χ1n) is 12.9. The smallest absolute Gasteiger partial charge is 0.405 e. The average molecular weight is 542 g/mol. The van der Waals surface area contributed by atoms with E-state index in [9.17, 15) is 19.2 Å². The van der Waals surface area contributed by atoms with Gasteiger partial charge in [-0.3, -0.25) is 14.4 Å². The summed E-state index contributed by atoms with van der Waals surface area (Å²) >= 11 is 0. The Bertz CT molecular complexity index is 1110. The van der Waals surface area contributed by atoms with Crippen molar-refractivity contribution in [3.8, 4) is 0 Å². The molecule has 0 aromatic heterocycles. The monoisotopic (exact) mass is 541 g/mol. The zero-order valence-electron chi connectivity index (χ0n) is 23.1. The summed E-state index contributed by atoms with van der Waals surface area (Å²) < 4.78 is 16.5. The Hall–Kier alpha value is -3.76. The number of rotatable bonds is 6. The number of carbonyl (C=O) groups is 4. The van der Waals surface area contributed by atoms with Crippen LogP contribution in [-0.2, 0) is 28.6 Å². The third kappa shape index (κ3) is 9.19. The number of carbonyl (C=O) groups excluding carboxylic acids is 4. The Balaban J connectivity index is 2.46. The number of ether oxygens (including phenoxy) is 3. The molecule has 2 rings (SSSR count). The molecule has 0 fully saturated rings. The van der Waals surface area contributed by atoms with Gasteiger partial charge in [-0.15, -0.1) is 6.58 Å². The van der Waals surface area contributed by atoms with Gasteiger partial charge in [-0.1, -0.05) is 30.4 Å². The minimum atomic E-state index is -0.933. The van der Waals surface area contributed by atoms with Gasteiger partial charge in [0.25, 0.3) is 5.91 Å². The van der Waals surface area contributed by atoms with Crippen molar-refractivity contribution in [1.82, 2.24) is 10.6 Å². The number of nitrogens with one attached hydrogen (secondary N) is 2. The summed E-state index contributed by atoms with van der Waals surface area (Å²) in [5.74, 6) is -1.34. The lowest BCUT2D eigenvalue weighted by Gasteiger charge is -2.24. The molecule has 0 spiro atoms. The summed E-state index contributed by atoms with van der Waals surface area (Å²) in [6.45, 7) is 7.37. The molecule has 4 N–H and O–H groups in total. The summed E-state index contributed by atoms with van der Waals surface area (Å²) in [4.78, 5) is 50.7. The highest BCUT2D eigenvalue weighted by Crippen LogP contribution is 2.24. The van der Waals surface area contributed by atoms with Crippen LogP contribution in [0.4, 0.5) is 4.79 Å². The molecule has 1 aliphatic heterocycles. The predicted molar refractivity (Wildman–Crippen MR) is 147 cm³/mol. The second-order valence-corrected chi connectivity index (χ2v) is 9.30. The molecule has 0 radical (unpaired) electrons. The molecule has 0 aromatic carbocycles. The Morgan fingerprint density at radius 2 is 1.95 bits per heavy atom. The van der Waals surface area contributed by atoms with Gasteiger partial charge in [-0.25, -0.2) is 4.79 Å². The molecule has 0 saturated carbocycles. The maximum Gasteiger partial charge on any atom is 0.405 e. The average Bonchev–Trinajstić information content (AvgIpc) is 2.90. The van der Waals surface area contributed by atoms with E-state index in [0.717, 1.165) is 11.6 Å². The van der Waals surface area contributed by atoms with Crippen molar-refractivity contribution in [1.29, 1.82) is 0 Å². The Labute approximate surface area is 229 Å². The number of amides is 2. The number of methoxy groups -OCH3 is 2. The molecule has 39 heavy (non-hydrogen) atoms. The zero-order chi connectivity index (χ0) is 28.9. The van der Waals surface area contributed by atoms with Gasteiger partial charge in [-0.05, 0) is 51.5 Å². The molecule has 212 valence electrons. The fourth-order valence-electron chi connectivity index (χ4n) is 4.35. The third-order valence-corrected chi connectivity index (χ3v) is 6.52. The summed E-state index contributed by atoms with van der Waals surface area (Å²) in [6, 6.07) is 0. The Morgan fingerprint density at radius 1 is 1.21 bits per heavy atom. The fourth-order valence-corrected chi connectivity index (χ4v) is 4.35. The number of Topliss-reactive ketones (excluding diaryl/α,β-unsaturated/α-hetero) is 1. The quantitative estimate of drug-likeness (QED) is 0.344. The van der Waals surface area contributed by atoms with Gasteiger partial charge in [0.15, 0.2) is 6.10 Å². The van der Waals surface area contributed by atoms with Crippen molar-refractivity contribution in [2.45, 2.75) is 64.3 Å². The lowest BCUT2D eigenvalue weighted by molar-refractivity contribution is -0.120. The summed E-state index contributed by atoms with van der Waals surface area (Å²) in [7, 11) is 3.10. The molecule has 3 atom stereocenters. The highest BCUT2D eigenvalue weighted by atomic mass is 16.6. The van der Waals surface area contributed by atoms with Crippen LogP contribution in [0.5, 0.6) is 0 Å². The van der Waals surface area contributed by atoms with Gasteiger partial charge < -0.3 is 30.6 Å². The van der Waals surface area contributed by atoms with Crippen LogP contribution in [0, 0.1) is 0 Å². The topological polar surface area (TPSA) is 146 Å². The van der Waals surface area contributed by atoms with Crippen LogP contribution >= 0.6 is 0 Å². The number of nitrogens with two attached hydrogens (primary N) is 1. The Kier molecular flexibility index (Phi) is 12.6. The van der Waals surface area contributed by atoms with Gasteiger partial charge in [0.1, 0.15) is 6.10 Å². The van der Waals surface area contributed by atoms with E-state index in [1.165, 1.54) is 13.2 Å². The molecular formula is C29H39N3O7. The number of ketones is 2. The van der Waals surface area contributed by atoms with E-state index in [2.05, 4.69) is 17.2 Å². The molecule has 10 heteroatoms. The number of allylic oxidation sites excluding steroid dienone is 5. The molecule has 1 heterocycles. The normalized spacial score (nSPS) is 27.3. The molecule has 2 amide bonds. The Morgan fingerprint density at radius 3 is 2.59 bits per heavy atom. The van der Waals surface area contributed by atoms with Crippen molar-refractivity contribution in [2.75, 3.05) is 20.8 Å². The van der Waals surface area contributed by atoms with Gasteiger partial charge >= 0.3 is 6.09 Å². The van der Waals surface area contributed by atoms with E-state index in [0.29, 0.717) is 44.2 Å². The molecule has 1 unspecified atom stereocenters. The number of primary amides is 1. The van der Waals surface area contributed by atoms with Crippen LogP contribution in [0.2, 0.25) is 0 Å². The van der Waals surface area contributed by atoms with Crippen molar-refractivity contribution in [2.24, 2.45) is 5.73 Å². The van der Waals surface area contributed by atoms with E-state index >= 15 is 0 Å². The fraction of sp³-hybridized carbons (Fsp3) is 0.448. The van der Waals surface area contributed by atoms with Crippen LogP contribution in [0.3, 0.4) is 0 Å². The van der Waals surface area contributed by atoms with Crippen LogP contribution in [0.15, 0.2) is 71.1 Å². The second kappa shape index (κ2) is 15.6. The first kappa shape index (κ1) is 31.5. The first-order valence-corrected chi connectivity index (χ1v) is 12.9. The minimum Gasteiger partial charge on any atom is -0.439 e. The van der Waals surface area contributed by atoms with Crippen LogP contribution < -0.4 is 16.4 Å². The highest BCUT2D eigenvalue weighted by molar-refractivity contribution is 6.23. The molecule has 2 bridgehead atoms. The van der Waals surface area contributed by atoms with Crippen molar-refractivity contribution < 1.29 is 33.4 Å². The van der Waals surface area contributed by atoms with E-state index < -0.39 is 30.0 Å². The van der Waals surface area contributed by atoms with Gasteiger partial charge in [0.05, 0.1) is 17.5 Å².